The molecule has 1 fully saturated rings. The average molecular weight is 350 g/mol. The molecule has 0 aliphatic carbocycles. The first-order valence-corrected chi connectivity index (χ1v) is 8.90. The van der Waals surface area contributed by atoms with E-state index >= 15 is 0 Å². The van der Waals surface area contributed by atoms with Gasteiger partial charge in [-0.2, -0.15) is 0 Å². The molecule has 1 N–H and O–H groups in total. The monoisotopic (exact) mass is 350 g/mol. The van der Waals surface area contributed by atoms with E-state index in [0.717, 1.165) is 55.4 Å². The Morgan fingerprint density at radius 1 is 1.15 bits per heavy atom. The molecular weight excluding hydrogens is 328 g/mol. The molecule has 0 radical (unpaired) electrons. The number of piperidine rings is 1. The normalized spacial score (nSPS) is 18.0. The number of hydrogen-bond acceptors (Lipinski definition) is 6. The summed E-state index contributed by atoms with van der Waals surface area (Å²) in [5.74, 6) is 2.58. The van der Waals surface area contributed by atoms with Crippen molar-refractivity contribution in [3.8, 4) is 11.6 Å². The van der Waals surface area contributed by atoms with Crippen LogP contribution < -0.4 is 4.74 Å². The largest absolute Gasteiger partial charge is 0.435 e. The number of pyridine rings is 1. The molecule has 0 unspecified atom stereocenters. The van der Waals surface area contributed by atoms with Gasteiger partial charge in [-0.25, -0.2) is 9.97 Å². The van der Waals surface area contributed by atoms with Crippen LogP contribution in [0.4, 0.5) is 0 Å². The SMILES string of the molecule is Cc1ncccc1Oc1nccnc1[C@@H]1CCCN(Cc2ncc[nH]2)C1. The molecule has 0 spiro atoms. The summed E-state index contributed by atoms with van der Waals surface area (Å²) in [6.45, 7) is 4.73. The van der Waals surface area contributed by atoms with E-state index in [1.165, 1.54) is 0 Å². The highest BCUT2D eigenvalue weighted by Crippen LogP contribution is 2.33. The maximum Gasteiger partial charge on any atom is 0.241 e. The smallest absolute Gasteiger partial charge is 0.241 e. The third kappa shape index (κ3) is 3.72. The van der Waals surface area contributed by atoms with Crippen LogP contribution in [0.15, 0.2) is 43.1 Å². The van der Waals surface area contributed by atoms with Crippen molar-refractivity contribution in [3.63, 3.8) is 0 Å². The summed E-state index contributed by atoms with van der Waals surface area (Å²) in [4.78, 5) is 23.2. The zero-order valence-electron chi connectivity index (χ0n) is 14.8. The lowest BCUT2D eigenvalue weighted by atomic mass is 9.94. The zero-order chi connectivity index (χ0) is 17.8. The van der Waals surface area contributed by atoms with E-state index < -0.39 is 0 Å². The van der Waals surface area contributed by atoms with E-state index in [1.807, 2.05) is 25.3 Å². The summed E-state index contributed by atoms with van der Waals surface area (Å²) in [6.07, 6.45) is 11.0. The molecule has 4 heterocycles. The summed E-state index contributed by atoms with van der Waals surface area (Å²) in [5.41, 5.74) is 1.76. The van der Waals surface area contributed by atoms with E-state index in [4.69, 9.17) is 4.74 Å². The second-order valence-corrected chi connectivity index (χ2v) is 6.55. The van der Waals surface area contributed by atoms with Crippen LogP contribution >= 0.6 is 0 Å². The fourth-order valence-corrected chi connectivity index (χ4v) is 3.39. The number of aryl methyl sites for hydroxylation is 1. The maximum absolute atomic E-state index is 6.06. The van der Waals surface area contributed by atoms with E-state index in [-0.39, 0.29) is 0 Å². The predicted molar refractivity (Wildman–Crippen MR) is 96.9 cm³/mol. The number of H-pyrrole nitrogens is 1. The van der Waals surface area contributed by atoms with Gasteiger partial charge in [-0.05, 0) is 38.4 Å². The van der Waals surface area contributed by atoms with Gasteiger partial charge in [0.25, 0.3) is 0 Å². The standard InChI is InChI=1S/C19H22N6O/c1-14-16(5-2-6-20-14)26-19-18(23-9-10-24-19)15-4-3-11-25(12-15)13-17-21-7-8-22-17/h2,5-10,15H,3-4,11-13H2,1H3,(H,21,22)/t15-/m1/s1. The molecule has 26 heavy (non-hydrogen) atoms. The Morgan fingerprint density at radius 2 is 2.08 bits per heavy atom. The molecule has 3 aromatic heterocycles. The van der Waals surface area contributed by atoms with Gasteiger partial charge in [0.05, 0.1) is 12.2 Å². The third-order valence-electron chi connectivity index (χ3n) is 4.68. The molecule has 1 saturated heterocycles. The number of hydrogen-bond donors (Lipinski definition) is 1. The predicted octanol–water partition coefficient (Wildman–Crippen LogP) is 3.08. The Bertz CT molecular complexity index is 851. The fraction of sp³-hybridized carbons (Fsp3) is 0.368. The van der Waals surface area contributed by atoms with Crippen LogP contribution in [0.5, 0.6) is 11.6 Å². The molecule has 1 atom stereocenters. The molecule has 134 valence electrons. The van der Waals surface area contributed by atoms with Crippen LogP contribution in [-0.2, 0) is 6.54 Å². The van der Waals surface area contributed by atoms with Crippen LogP contribution in [0.25, 0.3) is 0 Å². The Labute approximate surface area is 152 Å². The topological polar surface area (TPSA) is 79.8 Å². The number of aromatic nitrogens is 5. The molecule has 7 heteroatoms. The van der Waals surface area contributed by atoms with Gasteiger partial charge >= 0.3 is 0 Å². The summed E-state index contributed by atoms with van der Waals surface area (Å²) in [7, 11) is 0. The van der Waals surface area contributed by atoms with E-state index in [1.54, 1.807) is 24.8 Å². The molecule has 3 aromatic rings. The van der Waals surface area contributed by atoms with Crippen LogP contribution in [0, 0.1) is 6.92 Å². The third-order valence-corrected chi connectivity index (χ3v) is 4.68. The maximum atomic E-state index is 6.06. The summed E-state index contributed by atoms with van der Waals surface area (Å²) in [5, 5.41) is 0. The summed E-state index contributed by atoms with van der Waals surface area (Å²) >= 11 is 0. The first-order chi connectivity index (χ1) is 12.8. The lowest BCUT2D eigenvalue weighted by Gasteiger charge is -2.32. The van der Waals surface area contributed by atoms with Gasteiger partial charge in [0.15, 0.2) is 5.75 Å². The van der Waals surface area contributed by atoms with E-state index in [2.05, 4.69) is 29.8 Å². The van der Waals surface area contributed by atoms with Gasteiger partial charge in [-0.15, -0.1) is 0 Å². The first-order valence-electron chi connectivity index (χ1n) is 8.90. The molecule has 1 aliphatic rings. The van der Waals surface area contributed by atoms with Crippen molar-refractivity contribution >= 4 is 0 Å². The van der Waals surface area contributed by atoms with Gasteiger partial charge in [0, 0.05) is 43.4 Å². The van der Waals surface area contributed by atoms with E-state index in [9.17, 15) is 0 Å². The molecule has 0 saturated carbocycles. The zero-order valence-corrected chi connectivity index (χ0v) is 14.8. The molecule has 4 rings (SSSR count). The Balaban J connectivity index is 1.53. The van der Waals surface area contributed by atoms with Crippen molar-refractivity contribution in [2.24, 2.45) is 0 Å². The fourth-order valence-electron chi connectivity index (χ4n) is 3.39. The van der Waals surface area contributed by atoms with Crippen molar-refractivity contribution in [1.29, 1.82) is 0 Å². The van der Waals surface area contributed by atoms with Gasteiger partial charge in [0.2, 0.25) is 5.88 Å². The van der Waals surface area contributed by atoms with Crippen LogP contribution in [0.1, 0.15) is 36.0 Å². The minimum absolute atomic E-state index is 0.291. The molecule has 0 bridgehead atoms. The first kappa shape index (κ1) is 16.7. The molecule has 7 nitrogen and oxygen atoms in total. The van der Waals surface area contributed by atoms with Gasteiger partial charge < -0.3 is 9.72 Å². The lowest BCUT2D eigenvalue weighted by Crippen LogP contribution is -2.34. The number of aromatic amines is 1. The van der Waals surface area contributed by atoms with Crippen molar-refractivity contribution in [3.05, 3.63) is 60.3 Å². The van der Waals surface area contributed by atoms with Gasteiger partial charge in [0.1, 0.15) is 11.5 Å². The Hall–Kier alpha value is -2.80. The number of ether oxygens (including phenoxy) is 1. The summed E-state index contributed by atoms with van der Waals surface area (Å²) < 4.78 is 6.06. The van der Waals surface area contributed by atoms with E-state index in [0.29, 0.717) is 11.8 Å². The summed E-state index contributed by atoms with van der Waals surface area (Å²) in [6, 6.07) is 3.77. The highest BCUT2D eigenvalue weighted by atomic mass is 16.5. The minimum Gasteiger partial charge on any atom is -0.435 e. The van der Waals surface area contributed by atoms with Crippen LogP contribution in [0.2, 0.25) is 0 Å². The number of likely N-dealkylation sites (tertiary alicyclic amines) is 1. The highest BCUT2D eigenvalue weighted by Gasteiger charge is 2.26. The molecular formula is C19H22N6O. The lowest BCUT2D eigenvalue weighted by molar-refractivity contribution is 0.193. The van der Waals surface area contributed by atoms with Gasteiger partial charge in [-0.3, -0.25) is 14.9 Å². The van der Waals surface area contributed by atoms with Crippen molar-refractivity contribution in [2.75, 3.05) is 13.1 Å². The molecule has 1 aliphatic heterocycles. The number of imidazole rings is 1. The Morgan fingerprint density at radius 3 is 2.92 bits per heavy atom. The second kappa shape index (κ2) is 7.61. The highest BCUT2D eigenvalue weighted by molar-refractivity contribution is 5.33. The van der Waals surface area contributed by atoms with Crippen LogP contribution in [0.3, 0.4) is 0 Å². The van der Waals surface area contributed by atoms with Crippen molar-refractivity contribution < 1.29 is 4.74 Å². The average Bonchev–Trinajstić information content (AvgIpc) is 3.17. The van der Waals surface area contributed by atoms with Gasteiger partial charge in [-0.1, -0.05) is 0 Å². The van der Waals surface area contributed by atoms with Crippen LogP contribution in [-0.4, -0.2) is 42.9 Å². The Kier molecular flexibility index (Phi) is 4.88. The minimum atomic E-state index is 0.291. The number of nitrogens with one attached hydrogen (secondary N) is 1. The van der Waals surface area contributed by atoms with Crippen molar-refractivity contribution in [2.45, 2.75) is 32.2 Å². The molecule has 0 amide bonds. The van der Waals surface area contributed by atoms with Crippen molar-refractivity contribution in [1.82, 2.24) is 29.8 Å². The second-order valence-electron chi connectivity index (χ2n) is 6.55. The molecule has 0 aromatic carbocycles. The quantitative estimate of drug-likeness (QED) is 0.762. The number of nitrogens with zero attached hydrogens (tertiary/aromatic N) is 5. The number of rotatable bonds is 5.